The first-order valence-corrected chi connectivity index (χ1v) is 3.00. The number of allylic oxidation sites excluding steroid dienone is 1. The van der Waals surface area contributed by atoms with Gasteiger partial charge in [0.05, 0.1) is 0 Å². The molecule has 0 bridgehead atoms. The number of nitrogens with one attached hydrogen (secondary N) is 1. The zero-order chi connectivity index (χ0) is 6.24. The molecule has 0 spiro atoms. The van der Waals surface area contributed by atoms with Crippen molar-refractivity contribution in [2.24, 2.45) is 5.84 Å². The molecule has 0 unspecified atom stereocenters. The average Bonchev–Trinajstić information content (AvgIpc) is 1.81. The topological polar surface area (TPSA) is 38.0 Å². The molecule has 0 amide bonds. The molecule has 0 aromatic heterocycles. The van der Waals surface area contributed by atoms with Crippen LogP contribution in [-0.2, 0) is 0 Å². The molecule has 8 heavy (non-hydrogen) atoms. The molecule has 2 nitrogen and oxygen atoms in total. The van der Waals surface area contributed by atoms with Crippen molar-refractivity contribution in [1.29, 1.82) is 0 Å². The smallest absolute Gasteiger partial charge is 0.0278 e. The SMILES string of the molecule is CCC/C=C/CNN. The van der Waals surface area contributed by atoms with Gasteiger partial charge in [-0.25, -0.2) is 0 Å². The highest BCUT2D eigenvalue weighted by molar-refractivity contribution is 4.81. The van der Waals surface area contributed by atoms with Crippen molar-refractivity contribution in [1.82, 2.24) is 5.43 Å². The summed E-state index contributed by atoms with van der Waals surface area (Å²) >= 11 is 0. The molecule has 0 rings (SSSR count). The maximum Gasteiger partial charge on any atom is 0.0278 e. The van der Waals surface area contributed by atoms with E-state index in [4.69, 9.17) is 5.84 Å². The summed E-state index contributed by atoms with van der Waals surface area (Å²) in [6.07, 6.45) is 6.52. The van der Waals surface area contributed by atoms with Crippen molar-refractivity contribution in [2.45, 2.75) is 19.8 Å². The van der Waals surface area contributed by atoms with Gasteiger partial charge in [-0.05, 0) is 6.42 Å². The van der Waals surface area contributed by atoms with Crippen LogP contribution in [0.4, 0.5) is 0 Å². The fraction of sp³-hybridized carbons (Fsp3) is 0.667. The van der Waals surface area contributed by atoms with Crippen molar-refractivity contribution in [2.75, 3.05) is 6.54 Å². The minimum atomic E-state index is 0.778. The molecule has 0 heterocycles. The molecule has 2 heteroatoms. The Morgan fingerprint density at radius 2 is 2.25 bits per heavy atom. The molecule has 0 aromatic carbocycles. The van der Waals surface area contributed by atoms with Crippen molar-refractivity contribution >= 4 is 0 Å². The maximum atomic E-state index is 5.01. The maximum absolute atomic E-state index is 5.01. The van der Waals surface area contributed by atoms with E-state index in [0.717, 1.165) is 13.0 Å². The van der Waals surface area contributed by atoms with Gasteiger partial charge < -0.3 is 0 Å². The number of unbranched alkanes of at least 4 members (excludes halogenated alkanes) is 1. The summed E-state index contributed by atoms with van der Waals surface area (Å²) in [6.45, 7) is 2.93. The highest BCUT2D eigenvalue weighted by Crippen LogP contribution is 1.85. The van der Waals surface area contributed by atoms with Crippen LogP contribution >= 0.6 is 0 Å². The normalized spacial score (nSPS) is 10.8. The van der Waals surface area contributed by atoms with Crippen LogP contribution in [0.5, 0.6) is 0 Å². The average molecular weight is 114 g/mol. The lowest BCUT2D eigenvalue weighted by atomic mass is 10.3. The molecule has 48 valence electrons. The summed E-state index contributed by atoms with van der Waals surface area (Å²) in [7, 11) is 0. The standard InChI is InChI=1S/C6H14N2/c1-2-3-4-5-6-8-7/h4-5,8H,2-3,6-7H2,1H3/b5-4+. The van der Waals surface area contributed by atoms with Gasteiger partial charge >= 0.3 is 0 Å². The first-order chi connectivity index (χ1) is 3.91. The second kappa shape index (κ2) is 6.66. The zero-order valence-electron chi connectivity index (χ0n) is 5.35. The first kappa shape index (κ1) is 7.66. The van der Waals surface area contributed by atoms with E-state index in [1.165, 1.54) is 6.42 Å². The minimum Gasteiger partial charge on any atom is -0.271 e. The summed E-state index contributed by atoms with van der Waals surface area (Å²) in [4.78, 5) is 0. The summed E-state index contributed by atoms with van der Waals surface area (Å²) in [6, 6.07) is 0. The Kier molecular flexibility index (Phi) is 6.38. The lowest BCUT2D eigenvalue weighted by Gasteiger charge is -1.86. The van der Waals surface area contributed by atoms with Gasteiger partial charge in [0.15, 0.2) is 0 Å². The molecular formula is C6H14N2. The van der Waals surface area contributed by atoms with E-state index in [1.807, 2.05) is 6.08 Å². The number of hydrogen-bond donors (Lipinski definition) is 2. The van der Waals surface area contributed by atoms with Gasteiger partial charge in [-0.15, -0.1) is 0 Å². The summed E-state index contributed by atoms with van der Waals surface area (Å²) < 4.78 is 0. The number of hydrogen-bond acceptors (Lipinski definition) is 2. The molecule has 0 atom stereocenters. The molecular weight excluding hydrogens is 100 g/mol. The molecule has 0 saturated heterocycles. The van der Waals surface area contributed by atoms with Gasteiger partial charge in [0.25, 0.3) is 0 Å². The van der Waals surface area contributed by atoms with Crippen LogP contribution in [0, 0.1) is 0 Å². The van der Waals surface area contributed by atoms with Gasteiger partial charge in [0.2, 0.25) is 0 Å². The van der Waals surface area contributed by atoms with Crippen molar-refractivity contribution in [3.05, 3.63) is 12.2 Å². The lowest BCUT2D eigenvalue weighted by Crippen LogP contribution is -2.21. The monoisotopic (exact) mass is 114 g/mol. The van der Waals surface area contributed by atoms with E-state index in [-0.39, 0.29) is 0 Å². The first-order valence-electron chi connectivity index (χ1n) is 3.00. The predicted octanol–water partition coefficient (Wildman–Crippen LogP) is 0.806. The van der Waals surface area contributed by atoms with E-state index < -0.39 is 0 Å². The molecule has 0 aliphatic heterocycles. The Morgan fingerprint density at radius 1 is 1.50 bits per heavy atom. The van der Waals surface area contributed by atoms with E-state index in [2.05, 4.69) is 18.4 Å². The minimum absolute atomic E-state index is 0.778. The fourth-order valence-corrected chi connectivity index (χ4v) is 0.436. The van der Waals surface area contributed by atoms with Crippen LogP contribution in [0.15, 0.2) is 12.2 Å². The number of hydrazine groups is 1. The van der Waals surface area contributed by atoms with Crippen molar-refractivity contribution in [3.63, 3.8) is 0 Å². The quantitative estimate of drug-likeness (QED) is 0.322. The third kappa shape index (κ3) is 5.66. The molecule has 0 saturated carbocycles. The fourth-order valence-electron chi connectivity index (χ4n) is 0.436. The molecule has 0 aliphatic carbocycles. The van der Waals surface area contributed by atoms with Crippen LogP contribution in [0.2, 0.25) is 0 Å². The summed E-state index contributed by atoms with van der Waals surface area (Å²) in [5, 5.41) is 0. The molecule has 0 aromatic rings. The molecule has 0 aliphatic rings. The van der Waals surface area contributed by atoms with Crippen molar-refractivity contribution in [3.8, 4) is 0 Å². The highest BCUT2D eigenvalue weighted by atomic mass is 15.2. The zero-order valence-corrected chi connectivity index (χ0v) is 5.35. The largest absolute Gasteiger partial charge is 0.271 e. The Hall–Kier alpha value is -0.340. The number of nitrogens with two attached hydrogens (primary N) is 1. The van der Waals surface area contributed by atoms with Crippen LogP contribution in [0.3, 0.4) is 0 Å². The third-order valence-corrected chi connectivity index (χ3v) is 0.858. The molecule has 3 N–H and O–H groups in total. The Balaban J connectivity index is 2.83. The summed E-state index contributed by atoms with van der Waals surface area (Å²) in [5.74, 6) is 5.01. The van der Waals surface area contributed by atoms with Crippen LogP contribution in [0.25, 0.3) is 0 Å². The van der Waals surface area contributed by atoms with Crippen molar-refractivity contribution < 1.29 is 0 Å². The van der Waals surface area contributed by atoms with Crippen LogP contribution < -0.4 is 11.3 Å². The van der Waals surface area contributed by atoms with Gasteiger partial charge in [-0.1, -0.05) is 25.5 Å². The summed E-state index contributed by atoms with van der Waals surface area (Å²) in [5.41, 5.74) is 2.54. The van der Waals surface area contributed by atoms with E-state index in [0.29, 0.717) is 0 Å². The van der Waals surface area contributed by atoms with Gasteiger partial charge in [0.1, 0.15) is 0 Å². The van der Waals surface area contributed by atoms with Crippen LogP contribution in [-0.4, -0.2) is 6.54 Å². The highest BCUT2D eigenvalue weighted by Gasteiger charge is 1.70. The van der Waals surface area contributed by atoms with Gasteiger partial charge in [0, 0.05) is 6.54 Å². The van der Waals surface area contributed by atoms with E-state index in [9.17, 15) is 0 Å². The molecule has 0 radical (unpaired) electrons. The van der Waals surface area contributed by atoms with E-state index in [1.54, 1.807) is 0 Å². The predicted molar refractivity (Wildman–Crippen MR) is 36.2 cm³/mol. The van der Waals surface area contributed by atoms with E-state index >= 15 is 0 Å². The second-order valence-electron chi connectivity index (χ2n) is 1.67. The Labute approximate surface area is 50.7 Å². The van der Waals surface area contributed by atoms with Crippen LogP contribution in [0.1, 0.15) is 19.8 Å². The lowest BCUT2D eigenvalue weighted by molar-refractivity contribution is 0.818. The third-order valence-electron chi connectivity index (χ3n) is 0.858. The van der Waals surface area contributed by atoms with Gasteiger partial charge in [-0.3, -0.25) is 11.3 Å². The Morgan fingerprint density at radius 3 is 2.75 bits per heavy atom. The second-order valence-corrected chi connectivity index (χ2v) is 1.67. The molecule has 0 fully saturated rings. The van der Waals surface area contributed by atoms with Gasteiger partial charge in [-0.2, -0.15) is 0 Å². The number of rotatable bonds is 4. The Bertz CT molecular complexity index is 51.5.